The van der Waals surface area contributed by atoms with Gasteiger partial charge in [0.05, 0.1) is 0 Å². The van der Waals surface area contributed by atoms with E-state index in [1.807, 2.05) is 53.4 Å². The lowest BCUT2D eigenvalue weighted by Gasteiger charge is -2.35. The molecule has 174 valence electrons. The molecule has 1 aliphatic carbocycles. The van der Waals surface area contributed by atoms with Crippen LogP contribution in [0, 0.1) is 0 Å². The number of hydrogen-bond acceptors (Lipinski definition) is 4. The SMILES string of the molecule is O=C(O)[C@@H]1CC(N2CCC(F)(F)CC2)CN1C(=O)OCC1c2ccccc2-c2ccccc21. The minimum atomic E-state index is -2.67. The number of benzene rings is 2. The van der Waals surface area contributed by atoms with E-state index in [9.17, 15) is 23.5 Å². The maximum Gasteiger partial charge on any atom is 0.410 e. The molecule has 6 nitrogen and oxygen atoms in total. The van der Waals surface area contributed by atoms with Crippen molar-refractivity contribution in [1.29, 1.82) is 0 Å². The van der Waals surface area contributed by atoms with Crippen LogP contribution < -0.4 is 0 Å². The van der Waals surface area contributed by atoms with E-state index in [0.717, 1.165) is 22.3 Å². The van der Waals surface area contributed by atoms with E-state index in [1.54, 1.807) is 0 Å². The number of carboxylic acid groups (broad SMARTS) is 1. The minimum absolute atomic E-state index is 0.107. The Balaban J connectivity index is 1.28. The summed E-state index contributed by atoms with van der Waals surface area (Å²) in [5, 5.41) is 9.68. The summed E-state index contributed by atoms with van der Waals surface area (Å²) in [5.41, 5.74) is 4.38. The topological polar surface area (TPSA) is 70.1 Å². The van der Waals surface area contributed by atoms with E-state index in [2.05, 4.69) is 0 Å². The number of carboxylic acids is 1. The van der Waals surface area contributed by atoms with Gasteiger partial charge in [-0.2, -0.15) is 0 Å². The van der Waals surface area contributed by atoms with Crippen LogP contribution in [-0.4, -0.2) is 71.2 Å². The molecule has 0 aromatic heterocycles. The Kier molecular flexibility index (Phi) is 5.56. The van der Waals surface area contributed by atoms with Gasteiger partial charge in [-0.3, -0.25) is 9.80 Å². The molecule has 1 N–H and O–H groups in total. The predicted molar refractivity (Wildman–Crippen MR) is 117 cm³/mol. The molecule has 2 heterocycles. The van der Waals surface area contributed by atoms with Crippen molar-refractivity contribution >= 4 is 12.1 Å². The Hall–Kier alpha value is -3.00. The first-order valence-corrected chi connectivity index (χ1v) is 11.3. The maximum atomic E-state index is 13.5. The Morgan fingerprint density at radius 1 is 1.00 bits per heavy atom. The molecule has 0 spiro atoms. The molecule has 2 aromatic carbocycles. The summed E-state index contributed by atoms with van der Waals surface area (Å²) in [7, 11) is 0. The highest BCUT2D eigenvalue weighted by molar-refractivity contribution is 5.82. The van der Waals surface area contributed by atoms with Gasteiger partial charge in [0.25, 0.3) is 5.92 Å². The maximum absolute atomic E-state index is 13.5. The first kappa shape index (κ1) is 21.8. The number of nitrogens with zero attached hydrogens (tertiary/aromatic N) is 2. The third-order valence-electron chi connectivity index (χ3n) is 7.18. The van der Waals surface area contributed by atoms with E-state index in [1.165, 1.54) is 4.90 Å². The normalized spacial score (nSPS) is 24.4. The fourth-order valence-electron chi connectivity index (χ4n) is 5.41. The molecule has 2 aromatic rings. The number of hydrogen-bond donors (Lipinski definition) is 1. The zero-order valence-electron chi connectivity index (χ0n) is 18.1. The summed E-state index contributed by atoms with van der Waals surface area (Å²) in [4.78, 5) is 27.9. The standard InChI is InChI=1S/C25H26F2N2O4/c26-25(27)9-11-28(12-10-25)16-13-22(23(30)31)29(14-16)24(32)33-15-21-19-7-3-1-5-17(19)18-6-2-4-8-20(18)21/h1-8,16,21-22H,9-15H2,(H,30,31)/t16?,22-/m0/s1. The first-order chi connectivity index (χ1) is 15.8. The van der Waals surface area contributed by atoms with Gasteiger partial charge in [-0.25, -0.2) is 18.4 Å². The summed E-state index contributed by atoms with van der Waals surface area (Å²) in [6.45, 7) is 0.667. The second kappa shape index (κ2) is 8.41. The van der Waals surface area contributed by atoms with Gasteiger partial charge in [-0.1, -0.05) is 48.5 Å². The zero-order chi connectivity index (χ0) is 23.2. The monoisotopic (exact) mass is 456 g/mol. The lowest BCUT2D eigenvalue weighted by atomic mass is 9.98. The molecular formula is C25H26F2N2O4. The highest BCUT2D eigenvalue weighted by atomic mass is 19.3. The number of amides is 1. The summed E-state index contributed by atoms with van der Waals surface area (Å²) < 4.78 is 32.7. The summed E-state index contributed by atoms with van der Waals surface area (Å²) >= 11 is 0. The van der Waals surface area contributed by atoms with Crippen LogP contribution in [0.4, 0.5) is 13.6 Å². The van der Waals surface area contributed by atoms with Crippen LogP contribution in [0.15, 0.2) is 48.5 Å². The van der Waals surface area contributed by atoms with E-state index >= 15 is 0 Å². The minimum Gasteiger partial charge on any atom is -0.480 e. The number of fused-ring (bicyclic) bond motifs is 3. The number of carbonyl (C=O) groups excluding carboxylic acids is 1. The van der Waals surface area contributed by atoms with Gasteiger partial charge in [0.15, 0.2) is 0 Å². The Morgan fingerprint density at radius 2 is 1.58 bits per heavy atom. The Labute approximate surface area is 190 Å². The number of likely N-dealkylation sites (tertiary alicyclic amines) is 2. The van der Waals surface area contributed by atoms with Crippen LogP contribution in [0.1, 0.15) is 36.3 Å². The second-order valence-corrected chi connectivity index (χ2v) is 9.09. The van der Waals surface area contributed by atoms with Crippen molar-refractivity contribution in [3.63, 3.8) is 0 Å². The zero-order valence-corrected chi connectivity index (χ0v) is 18.1. The van der Waals surface area contributed by atoms with Crippen molar-refractivity contribution in [2.45, 2.75) is 43.2 Å². The fourth-order valence-corrected chi connectivity index (χ4v) is 5.41. The molecule has 5 rings (SSSR count). The van der Waals surface area contributed by atoms with Gasteiger partial charge >= 0.3 is 12.1 Å². The first-order valence-electron chi connectivity index (χ1n) is 11.3. The Bertz CT molecular complexity index is 1020. The lowest BCUT2D eigenvalue weighted by Crippen LogP contribution is -2.46. The van der Waals surface area contributed by atoms with Gasteiger partial charge in [-0.15, -0.1) is 0 Å². The number of alkyl halides is 2. The summed E-state index contributed by atoms with van der Waals surface area (Å²) in [6, 6.07) is 14.7. The van der Waals surface area contributed by atoms with E-state index in [4.69, 9.17) is 4.74 Å². The second-order valence-electron chi connectivity index (χ2n) is 9.09. The average molecular weight is 456 g/mol. The van der Waals surface area contributed by atoms with Crippen LogP contribution in [0.25, 0.3) is 11.1 Å². The smallest absolute Gasteiger partial charge is 0.410 e. The van der Waals surface area contributed by atoms with Crippen molar-refractivity contribution < 1.29 is 28.2 Å². The molecule has 0 saturated carbocycles. The number of rotatable bonds is 4. The summed E-state index contributed by atoms with van der Waals surface area (Å²) in [5.74, 6) is -3.89. The number of ether oxygens (including phenoxy) is 1. The lowest BCUT2D eigenvalue weighted by molar-refractivity contribution is -0.141. The third-order valence-corrected chi connectivity index (χ3v) is 7.18. The molecule has 2 fully saturated rings. The molecule has 3 aliphatic rings. The van der Waals surface area contributed by atoms with Crippen molar-refractivity contribution in [1.82, 2.24) is 9.80 Å². The van der Waals surface area contributed by atoms with Gasteiger partial charge in [-0.05, 0) is 28.7 Å². The number of aliphatic carboxylic acids is 1. The number of carbonyl (C=O) groups is 2. The van der Waals surface area contributed by atoms with Crippen molar-refractivity contribution in [3.05, 3.63) is 59.7 Å². The number of piperidine rings is 1. The molecule has 2 atom stereocenters. The average Bonchev–Trinajstić information content (AvgIpc) is 3.38. The predicted octanol–water partition coefficient (Wildman–Crippen LogP) is 4.19. The van der Waals surface area contributed by atoms with Crippen molar-refractivity contribution in [3.8, 4) is 11.1 Å². The van der Waals surface area contributed by atoms with Crippen LogP contribution in [0.3, 0.4) is 0 Å². The summed E-state index contributed by atoms with van der Waals surface area (Å²) in [6.07, 6.45) is -0.946. The van der Waals surface area contributed by atoms with Gasteiger partial charge in [0.1, 0.15) is 12.6 Å². The molecule has 2 saturated heterocycles. The largest absolute Gasteiger partial charge is 0.480 e. The van der Waals surface area contributed by atoms with E-state index < -0.39 is 24.0 Å². The number of halogens is 2. The quantitative estimate of drug-likeness (QED) is 0.747. The van der Waals surface area contributed by atoms with Crippen LogP contribution in [-0.2, 0) is 9.53 Å². The van der Waals surface area contributed by atoms with E-state index in [0.29, 0.717) is 0 Å². The molecule has 33 heavy (non-hydrogen) atoms. The van der Waals surface area contributed by atoms with Crippen molar-refractivity contribution in [2.24, 2.45) is 0 Å². The highest BCUT2D eigenvalue weighted by Gasteiger charge is 2.45. The molecule has 8 heteroatoms. The molecule has 2 aliphatic heterocycles. The van der Waals surface area contributed by atoms with Crippen molar-refractivity contribution in [2.75, 3.05) is 26.2 Å². The molecule has 0 bridgehead atoms. The molecule has 1 unspecified atom stereocenters. The van der Waals surface area contributed by atoms with Crippen LogP contribution in [0.5, 0.6) is 0 Å². The van der Waals surface area contributed by atoms with Crippen LogP contribution >= 0.6 is 0 Å². The third kappa shape index (κ3) is 4.08. The van der Waals surface area contributed by atoms with E-state index in [-0.39, 0.29) is 57.5 Å². The van der Waals surface area contributed by atoms with Crippen LogP contribution in [0.2, 0.25) is 0 Å². The Morgan fingerprint density at radius 3 is 2.15 bits per heavy atom. The molecule has 0 radical (unpaired) electrons. The molecule has 1 amide bonds. The highest BCUT2D eigenvalue weighted by Crippen LogP contribution is 2.44. The molecular weight excluding hydrogens is 430 g/mol. The van der Waals surface area contributed by atoms with Gasteiger partial charge < -0.3 is 9.84 Å². The fraction of sp³-hybridized carbons (Fsp3) is 0.440. The van der Waals surface area contributed by atoms with Gasteiger partial charge in [0, 0.05) is 44.4 Å². The van der Waals surface area contributed by atoms with Gasteiger partial charge in [0.2, 0.25) is 0 Å².